The number of halogens is 2. The number of carbonyl (C=O) groups excluding carboxylic acids is 1. The number of benzene rings is 2. The van der Waals surface area contributed by atoms with E-state index in [1.807, 2.05) is 30.5 Å². The predicted octanol–water partition coefficient (Wildman–Crippen LogP) is 5.34. The number of ether oxygens (including phenoxy) is 1. The van der Waals surface area contributed by atoms with E-state index in [2.05, 4.69) is 10.6 Å². The number of thioether (sulfide) groups is 1. The largest absolute Gasteiger partial charge is 0.373 e. The summed E-state index contributed by atoms with van der Waals surface area (Å²) in [6.45, 7) is -0.0759. The Hall–Kier alpha value is -2.12. The lowest BCUT2D eigenvalue weighted by molar-refractivity contribution is 0.00964. The van der Waals surface area contributed by atoms with E-state index in [4.69, 9.17) is 4.74 Å². The first kappa shape index (κ1) is 20.6. The van der Waals surface area contributed by atoms with Crippen molar-refractivity contribution in [2.45, 2.75) is 49.3 Å². The zero-order chi connectivity index (χ0) is 19.9. The maximum atomic E-state index is 13.7. The maximum Gasteiger partial charge on any atom is 0.319 e. The Kier molecular flexibility index (Phi) is 7.28. The van der Waals surface area contributed by atoms with Gasteiger partial charge in [0.2, 0.25) is 0 Å². The highest BCUT2D eigenvalue weighted by Gasteiger charge is 2.23. The third kappa shape index (κ3) is 5.69. The van der Waals surface area contributed by atoms with Crippen molar-refractivity contribution in [3.05, 3.63) is 59.7 Å². The first-order chi connectivity index (χ1) is 13.5. The molecule has 28 heavy (non-hydrogen) atoms. The summed E-state index contributed by atoms with van der Waals surface area (Å²) in [6.07, 6.45) is 4.94. The van der Waals surface area contributed by atoms with E-state index in [0.717, 1.165) is 36.3 Å². The van der Waals surface area contributed by atoms with Crippen molar-refractivity contribution >= 4 is 23.5 Å². The quantitative estimate of drug-likeness (QED) is 0.637. The van der Waals surface area contributed by atoms with Crippen LogP contribution in [0.1, 0.15) is 31.2 Å². The molecule has 0 aliphatic heterocycles. The molecule has 150 valence electrons. The second-order valence-electron chi connectivity index (χ2n) is 6.82. The van der Waals surface area contributed by atoms with Gasteiger partial charge in [0, 0.05) is 22.2 Å². The predicted molar refractivity (Wildman–Crippen MR) is 108 cm³/mol. The van der Waals surface area contributed by atoms with Gasteiger partial charge in [0.15, 0.2) is 0 Å². The number of urea groups is 1. The molecular weight excluding hydrogens is 382 g/mol. The summed E-state index contributed by atoms with van der Waals surface area (Å²) in [4.78, 5) is 13.3. The Labute approximate surface area is 168 Å². The molecule has 2 aromatic carbocycles. The molecule has 0 spiro atoms. The fourth-order valence-electron chi connectivity index (χ4n) is 3.30. The lowest BCUT2D eigenvalue weighted by atomic mass is 9.93. The van der Waals surface area contributed by atoms with Crippen LogP contribution in [0.2, 0.25) is 0 Å². The summed E-state index contributed by atoms with van der Waals surface area (Å²) in [5.41, 5.74) is 0.725. The molecule has 2 aromatic rings. The third-order valence-corrected chi connectivity index (χ3v) is 5.59. The molecule has 7 heteroatoms. The minimum absolute atomic E-state index is 0.0328. The highest BCUT2D eigenvalue weighted by atomic mass is 32.2. The van der Waals surface area contributed by atoms with Crippen molar-refractivity contribution < 1.29 is 18.3 Å². The standard InChI is InChI=1S/C21H24F2N2O2S/c1-28-17-5-2-4-15(12-17)25-21(26)24-14-8-10-16(11-9-14)27-13-18-19(22)6-3-7-20(18)23/h2-7,12,14,16H,8-11,13H2,1H3,(H2,24,25,26). The van der Waals surface area contributed by atoms with E-state index in [1.54, 1.807) is 11.8 Å². The SMILES string of the molecule is CSc1cccc(NC(=O)NC2CCC(OCc3c(F)cccc3F)CC2)c1. The number of hydrogen-bond acceptors (Lipinski definition) is 3. The van der Waals surface area contributed by atoms with Gasteiger partial charge in [0.25, 0.3) is 0 Å². The smallest absolute Gasteiger partial charge is 0.319 e. The minimum atomic E-state index is -0.586. The van der Waals surface area contributed by atoms with Crippen molar-refractivity contribution in [2.75, 3.05) is 11.6 Å². The molecule has 2 N–H and O–H groups in total. The van der Waals surface area contributed by atoms with Crippen LogP contribution in [0.25, 0.3) is 0 Å². The fraction of sp³-hybridized carbons (Fsp3) is 0.381. The van der Waals surface area contributed by atoms with Crippen molar-refractivity contribution in [1.82, 2.24) is 5.32 Å². The Morgan fingerprint density at radius 3 is 2.46 bits per heavy atom. The number of rotatable bonds is 6. The summed E-state index contributed by atoms with van der Waals surface area (Å²) >= 11 is 1.62. The molecule has 1 aliphatic rings. The first-order valence-electron chi connectivity index (χ1n) is 9.31. The molecular formula is C21H24F2N2O2S. The Bertz CT molecular complexity index is 790. The second-order valence-corrected chi connectivity index (χ2v) is 7.69. The molecule has 1 fully saturated rings. The van der Waals surface area contributed by atoms with Gasteiger partial charge in [-0.1, -0.05) is 12.1 Å². The summed E-state index contributed by atoms with van der Waals surface area (Å²) in [5, 5.41) is 5.84. The Balaban J connectivity index is 1.42. The average Bonchev–Trinajstić information content (AvgIpc) is 2.69. The fourth-order valence-corrected chi connectivity index (χ4v) is 3.76. The van der Waals surface area contributed by atoms with E-state index in [1.165, 1.54) is 18.2 Å². The normalized spacial score (nSPS) is 19.2. The van der Waals surface area contributed by atoms with Crippen LogP contribution in [0, 0.1) is 11.6 Å². The van der Waals surface area contributed by atoms with Gasteiger partial charge in [-0.25, -0.2) is 13.6 Å². The molecule has 3 rings (SSSR count). The second kappa shape index (κ2) is 9.89. The first-order valence-corrected chi connectivity index (χ1v) is 10.5. The van der Waals surface area contributed by atoms with Gasteiger partial charge in [-0.05, 0) is 62.3 Å². The van der Waals surface area contributed by atoms with Crippen LogP contribution in [0.3, 0.4) is 0 Å². The summed E-state index contributed by atoms with van der Waals surface area (Å²) < 4.78 is 33.0. The Morgan fingerprint density at radius 2 is 1.79 bits per heavy atom. The van der Waals surface area contributed by atoms with Gasteiger partial charge in [0.1, 0.15) is 11.6 Å². The summed E-state index contributed by atoms with van der Waals surface area (Å²) in [7, 11) is 0. The van der Waals surface area contributed by atoms with Crippen LogP contribution in [0.5, 0.6) is 0 Å². The van der Waals surface area contributed by atoms with E-state index in [-0.39, 0.29) is 30.3 Å². The topological polar surface area (TPSA) is 50.4 Å². The van der Waals surface area contributed by atoms with E-state index >= 15 is 0 Å². The van der Waals surface area contributed by atoms with Gasteiger partial charge in [-0.3, -0.25) is 0 Å². The number of hydrogen-bond donors (Lipinski definition) is 2. The van der Waals surface area contributed by atoms with Crippen LogP contribution in [0.4, 0.5) is 19.3 Å². The van der Waals surface area contributed by atoms with Crippen molar-refractivity contribution in [1.29, 1.82) is 0 Å². The van der Waals surface area contributed by atoms with E-state index in [9.17, 15) is 13.6 Å². The summed E-state index contributed by atoms with van der Waals surface area (Å²) in [6, 6.07) is 11.3. The molecule has 4 nitrogen and oxygen atoms in total. The van der Waals surface area contributed by atoms with E-state index in [0.29, 0.717) is 0 Å². The van der Waals surface area contributed by atoms with Crippen molar-refractivity contribution in [3.63, 3.8) is 0 Å². The van der Waals surface area contributed by atoms with Crippen molar-refractivity contribution in [3.8, 4) is 0 Å². The molecule has 0 bridgehead atoms. The van der Waals surface area contributed by atoms with Crippen LogP contribution in [0.15, 0.2) is 47.4 Å². The monoisotopic (exact) mass is 406 g/mol. The van der Waals surface area contributed by atoms with Gasteiger partial charge < -0.3 is 15.4 Å². The zero-order valence-electron chi connectivity index (χ0n) is 15.7. The van der Waals surface area contributed by atoms with Crippen LogP contribution in [-0.4, -0.2) is 24.4 Å². The Morgan fingerprint density at radius 1 is 1.11 bits per heavy atom. The maximum absolute atomic E-state index is 13.7. The third-order valence-electron chi connectivity index (χ3n) is 4.86. The molecule has 2 amide bonds. The van der Waals surface area contributed by atoms with Gasteiger partial charge in [-0.2, -0.15) is 0 Å². The molecule has 1 aliphatic carbocycles. The molecule has 0 atom stereocenters. The van der Waals surface area contributed by atoms with Crippen molar-refractivity contribution in [2.24, 2.45) is 0 Å². The molecule has 0 aromatic heterocycles. The van der Waals surface area contributed by atoms with Gasteiger partial charge in [0.05, 0.1) is 12.7 Å². The van der Waals surface area contributed by atoms with E-state index < -0.39 is 11.6 Å². The highest BCUT2D eigenvalue weighted by Crippen LogP contribution is 2.24. The highest BCUT2D eigenvalue weighted by molar-refractivity contribution is 7.98. The average molecular weight is 406 g/mol. The van der Waals surface area contributed by atoms with Crippen LogP contribution < -0.4 is 10.6 Å². The number of anilines is 1. The number of carbonyl (C=O) groups is 1. The molecule has 0 unspecified atom stereocenters. The zero-order valence-corrected chi connectivity index (χ0v) is 16.5. The van der Waals surface area contributed by atoms with Gasteiger partial charge >= 0.3 is 6.03 Å². The lowest BCUT2D eigenvalue weighted by Crippen LogP contribution is -2.41. The molecule has 1 saturated carbocycles. The molecule has 0 heterocycles. The molecule has 0 radical (unpaired) electrons. The van der Waals surface area contributed by atoms with Crippen LogP contribution >= 0.6 is 11.8 Å². The number of nitrogens with one attached hydrogen (secondary N) is 2. The lowest BCUT2D eigenvalue weighted by Gasteiger charge is -2.29. The summed E-state index contributed by atoms with van der Waals surface area (Å²) in [5.74, 6) is -1.17. The minimum Gasteiger partial charge on any atom is -0.373 e. The number of amides is 2. The van der Waals surface area contributed by atoms with Gasteiger partial charge in [-0.15, -0.1) is 11.8 Å². The molecule has 0 saturated heterocycles. The van der Waals surface area contributed by atoms with Crippen LogP contribution in [-0.2, 0) is 11.3 Å².